The molecule has 0 aliphatic rings. The van der Waals surface area contributed by atoms with Gasteiger partial charge < -0.3 is 0 Å². The van der Waals surface area contributed by atoms with Crippen LogP contribution in [0.5, 0.6) is 0 Å². The third-order valence-corrected chi connectivity index (χ3v) is 11.2. The Morgan fingerprint density at radius 1 is 0.826 bits per heavy atom. The lowest BCUT2D eigenvalue weighted by Gasteiger charge is -2.24. The Kier molecular flexibility index (Phi) is 9.24. The van der Waals surface area contributed by atoms with E-state index in [1.54, 1.807) is 0 Å². The Balaban J connectivity index is 2.51. The molecule has 0 saturated heterocycles. The van der Waals surface area contributed by atoms with Crippen molar-refractivity contribution in [2.45, 2.75) is 91.1 Å². The minimum absolute atomic E-state index is 0.105. The summed E-state index contributed by atoms with van der Waals surface area (Å²) >= 11 is 0. The van der Waals surface area contributed by atoms with Crippen LogP contribution in [0.3, 0.4) is 0 Å². The van der Waals surface area contributed by atoms with Crippen molar-refractivity contribution >= 4 is 15.8 Å². The molecule has 134 valence electrons. The van der Waals surface area contributed by atoms with Crippen LogP contribution in [-0.2, 0) is 13.1 Å². The van der Waals surface area contributed by atoms with Gasteiger partial charge in [-0.05, 0) is 22.6 Å². The summed E-state index contributed by atoms with van der Waals surface area (Å²) in [5.74, 6) is 0. The molecule has 0 aromatic carbocycles. The van der Waals surface area contributed by atoms with Crippen molar-refractivity contribution in [2.75, 3.05) is 12.3 Å². The number of nitrogens with zero attached hydrogens (tertiary/aromatic N) is 3. The summed E-state index contributed by atoms with van der Waals surface area (Å²) in [6, 6.07) is 0. The Labute approximate surface area is 146 Å². The highest BCUT2D eigenvalue weighted by molar-refractivity contribution is 7.59. The second-order valence-electron chi connectivity index (χ2n) is 7.56. The van der Waals surface area contributed by atoms with E-state index in [4.69, 9.17) is 5.21 Å². The monoisotopic (exact) mass is 358 g/mol. The van der Waals surface area contributed by atoms with Crippen LogP contribution in [0.25, 0.3) is 0 Å². The van der Waals surface area contributed by atoms with Crippen molar-refractivity contribution in [1.29, 1.82) is 0 Å². The summed E-state index contributed by atoms with van der Waals surface area (Å²) in [4.78, 5) is 0. The van der Waals surface area contributed by atoms with E-state index >= 15 is 0 Å². The number of rotatable bonds is 10. The van der Waals surface area contributed by atoms with E-state index in [-0.39, 0.29) is 15.8 Å². The molecule has 1 aromatic heterocycles. The second-order valence-corrected chi connectivity index (χ2v) is 14.6. The topological polar surface area (TPSA) is 21.7 Å². The summed E-state index contributed by atoms with van der Waals surface area (Å²) < 4.78 is 4.29. The van der Waals surface area contributed by atoms with Crippen molar-refractivity contribution in [2.24, 2.45) is 0 Å². The first-order valence-electron chi connectivity index (χ1n) is 9.17. The molecule has 1 aromatic rings. The maximum Gasteiger partial charge on any atom is 0.155 e. The Bertz CT molecular complexity index is 387. The SMILES string of the molecule is CC(C)P(CCn1cc[n+](CCP(C(C)C)C(C)C)n1)C(C)C. The quantitative estimate of drug-likeness (QED) is 0.436. The van der Waals surface area contributed by atoms with Crippen molar-refractivity contribution < 1.29 is 4.68 Å². The number of aryl methyl sites for hydroxylation is 2. The second kappa shape index (κ2) is 10.1. The van der Waals surface area contributed by atoms with Gasteiger partial charge in [0.25, 0.3) is 0 Å². The van der Waals surface area contributed by atoms with Crippen LogP contribution in [0.1, 0.15) is 55.4 Å². The molecule has 1 heterocycles. The van der Waals surface area contributed by atoms with E-state index in [1.807, 2.05) is 0 Å². The first-order chi connectivity index (χ1) is 10.7. The fourth-order valence-electron chi connectivity index (χ4n) is 3.26. The van der Waals surface area contributed by atoms with Crippen molar-refractivity contribution in [3.8, 4) is 0 Å². The molecular formula is C18H38N3P2+. The van der Waals surface area contributed by atoms with E-state index in [0.29, 0.717) is 0 Å². The fraction of sp³-hybridized carbons (Fsp3) is 0.889. The van der Waals surface area contributed by atoms with Gasteiger partial charge in [0.05, 0.1) is 5.21 Å². The number of hydrogen-bond donors (Lipinski definition) is 0. The molecule has 1 rings (SSSR count). The number of aromatic nitrogens is 3. The van der Waals surface area contributed by atoms with Crippen LogP contribution in [0, 0.1) is 0 Å². The van der Waals surface area contributed by atoms with E-state index in [0.717, 1.165) is 35.7 Å². The van der Waals surface area contributed by atoms with Crippen LogP contribution in [0.15, 0.2) is 12.4 Å². The third kappa shape index (κ3) is 7.18. The molecular weight excluding hydrogens is 320 g/mol. The van der Waals surface area contributed by atoms with E-state index in [9.17, 15) is 0 Å². The molecule has 0 radical (unpaired) electrons. The zero-order valence-corrected chi connectivity index (χ0v) is 18.3. The molecule has 0 aliphatic carbocycles. The highest BCUT2D eigenvalue weighted by Crippen LogP contribution is 2.46. The lowest BCUT2D eigenvalue weighted by atomic mass is 10.5. The van der Waals surface area contributed by atoms with Gasteiger partial charge in [-0.25, -0.2) is 0 Å². The van der Waals surface area contributed by atoms with Gasteiger partial charge >= 0.3 is 0 Å². The zero-order valence-electron chi connectivity index (χ0n) is 16.5. The van der Waals surface area contributed by atoms with Crippen molar-refractivity contribution in [3.05, 3.63) is 12.4 Å². The van der Waals surface area contributed by atoms with E-state index in [2.05, 4.69) is 77.1 Å². The van der Waals surface area contributed by atoms with Gasteiger partial charge in [0.2, 0.25) is 0 Å². The Morgan fingerprint density at radius 3 is 1.78 bits per heavy atom. The van der Waals surface area contributed by atoms with Crippen LogP contribution < -0.4 is 4.68 Å². The van der Waals surface area contributed by atoms with Gasteiger partial charge in [-0.3, -0.25) is 0 Å². The van der Waals surface area contributed by atoms with Gasteiger partial charge in [-0.1, -0.05) is 71.2 Å². The zero-order chi connectivity index (χ0) is 17.6. The summed E-state index contributed by atoms with van der Waals surface area (Å²) in [5, 5.41) is 4.75. The standard InChI is InChI=1S/C18H38N3P2/c1-15(2)22(16(3)4)13-11-20-9-10-21(19-20)12-14-23(17(5)6)18(7)8/h9-10,15-18H,11-14H2,1-8H3/q+1. The molecule has 23 heavy (non-hydrogen) atoms. The van der Waals surface area contributed by atoms with Gasteiger partial charge in [0.15, 0.2) is 12.4 Å². The largest absolute Gasteiger partial charge is 0.155 e. The highest BCUT2D eigenvalue weighted by atomic mass is 31.1. The maximum atomic E-state index is 4.75. The van der Waals surface area contributed by atoms with Crippen LogP contribution >= 0.6 is 15.8 Å². The fourth-order valence-corrected chi connectivity index (χ4v) is 8.58. The smallest absolute Gasteiger partial charge is 0.137 e. The first kappa shape index (κ1) is 21.0. The van der Waals surface area contributed by atoms with E-state index in [1.165, 1.54) is 12.3 Å². The molecule has 0 aliphatic heterocycles. The lowest BCUT2D eigenvalue weighted by Crippen LogP contribution is -2.38. The molecule has 0 saturated carbocycles. The third-order valence-electron chi connectivity index (χ3n) is 4.47. The minimum Gasteiger partial charge on any atom is -0.137 e. The molecule has 0 spiro atoms. The molecule has 3 nitrogen and oxygen atoms in total. The predicted octanol–water partition coefficient (Wildman–Crippen LogP) is 4.77. The van der Waals surface area contributed by atoms with Crippen LogP contribution in [-0.4, -0.2) is 44.9 Å². The van der Waals surface area contributed by atoms with Gasteiger partial charge in [0, 0.05) is 12.3 Å². The van der Waals surface area contributed by atoms with Crippen LogP contribution in [0.4, 0.5) is 0 Å². The molecule has 0 N–H and O–H groups in total. The minimum atomic E-state index is 0.105. The molecule has 5 heteroatoms. The van der Waals surface area contributed by atoms with Crippen LogP contribution in [0.2, 0.25) is 0 Å². The predicted molar refractivity (Wildman–Crippen MR) is 107 cm³/mol. The first-order valence-corrected chi connectivity index (χ1v) is 12.5. The molecule has 0 bridgehead atoms. The average Bonchev–Trinajstić information content (AvgIpc) is 2.85. The van der Waals surface area contributed by atoms with E-state index < -0.39 is 0 Å². The normalized spacial score (nSPS) is 12.8. The van der Waals surface area contributed by atoms with Crippen molar-refractivity contribution in [1.82, 2.24) is 9.90 Å². The summed E-state index contributed by atoms with van der Waals surface area (Å²) in [5.41, 5.74) is 3.25. The highest BCUT2D eigenvalue weighted by Gasteiger charge is 2.20. The molecule has 0 atom stereocenters. The van der Waals surface area contributed by atoms with Gasteiger partial charge in [0.1, 0.15) is 13.1 Å². The lowest BCUT2D eigenvalue weighted by molar-refractivity contribution is -0.751. The van der Waals surface area contributed by atoms with Crippen molar-refractivity contribution in [3.63, 3.8) is 0 Å². The molecule has 0 amide bonds. The molecule has 0 fully saturated rings. The Morgan fingerprint density at radius 2 is 1.30 bits per heavy atom. The van der Waals surface area contributed by atoms with Gasteiger partial charge in [-0.15, -0.1) is 9.36 Å². The summed E-state index contributed by atoms with van der Waals surface area (Å²) in [6.45, 7) is 21.1. The van der Waals surface area contributed by atoms with Gasteiger partial charge in [-0.2, -0.15) is 0 Å². The maximum absolute atomic E-state index is 4.75. The Hall–Kier alpha value is -0.0000000000000000555. The molecule has 0 unspecified atom stereocenters. The average molecular weight is 358 g/mol. The number of hydrogen-bond acceptors (Lipinski definition) is 1. The summed E-state index contributed by atoms with van der Waals surface area (Å²) in [7, 11) is 0.209. The summed E-state index contributed by atoms with van der Waals surface area (Å²) in [6.07, 6.45) is 6.89.